The van der Waals surface area contributed by atoms with Crippen LogP contribution in [0.4, 0.5) is 4.39 Å². The van der Waals surface area contributed by atoms with Crippen molar-refractivity contribution in [1.29, 1.82) is 5.26 Å². The molecular weight excluding hydrogens is 201 g/mol. The zero-order chi connectivity index (χ0) is 10.8. The maximum Gasteiger partial charge on any atom is 0.124 e. The molecule has 1 aromatic rings. The lowest BCUT2D eigenvalue weighted by Crippen LogP contribution is -2.12. The summed E-state index contributed by atoms with van der Waals surface area (Å²) in [5.41, 5.74) is 0.334. The molecule has 3 heteroatoms. The van der Waals surface area contributed by atoms with Crippen molar-refractivity contribution in [3.63, 3.8) is 0 Å². The molecule has 0 bridgehead atoms. The van der Waals surface area contributed by atoms with E-state index in [-0.39, 0.29) is 5.82 Å². The van der Waals surface area contributed by atoms with E-state index in [1.165, 1.54) is 12.1 Å². The fraction of sp³-hybridized carbons (Fsp3) is 0.364. The molecule has 1 nitrogen and oxygen atoms in total. The lowest BCUT2D eigenvalue weighted by Gasteiger charge is -2.15. The third kappa shape index (κ3) is 2.71. The fourth-order valence-corrected chi connectivity index (χ4v) is 1.41. The van der Waals surface area contributed by atoms with Crippen molar-refractivity contribution in [2.45, 2.75) is 20.3 Å². The van der Waals surface area contributed by atoms with Gasteiger partial charge in [-0.1, -0.05) is 17.7 Å². The Hall–Kier alpha value is -1.07. The lowest BCUT2D eigenvalue weighted by atomic mass is 9.87. The van der Waals surface area contributed by atoms with Gasteiger partial charge >= 0.3 is 0 Å². The maximum atomic E-state index is 12.7. The second kappa shape index (κ2) is 3.98. The molecule has 0 heterocycles. The van der Waals surface area contributed by atoms with Crippen LogP contribution in [0.15, 0.2) is 18.2 Å². The van der Waals surface area contributed by atoms with E-state index in [1.807, 2.05) is 13.8 Å². The van der Waals surface area contributed by atoms with Crippen molar-refractivity contribution in [3.05, 3.63) is 34.6 Å². The van der Waals surface area contributed by atoms with E-state index in [4.69, 9.17) is 16.9 Å². The highest BCUT2D eigenvalue weighted by molar-refractivity contribution is 6.31. The number of hydrogen-bond donors (Lipinski definition) is 0. The summed E-state index contributed by atoms with van der Waals surface area (Å²) in [5.74, 6) is -0.353. The van der Waals surface area contributed by atoms with Gasteiger partial charge in [-0.15, -0.1) is 0 Å². The summed E-state index contributed by atoms with van der Waals surface area (Å²) in [4.78, 5) is 0. The quantitative estimate of drug-likeness (QED) is 0.734. The highest BCUT2D eigenvalue weighted by Gasteiger charge is 2.18. The van der Waals surface area contributed by atoms with Crippen LogP contribution in [0, 0.1) is 22.6 Å². The van der Waals surface area contributed by atoms with E-state index in [9.17, 15) is 4.39 Å². The molecule has 0 spiro atoms. The molecule has 0 unspecified atom stereocenters. The lowest BCUT2D eigenvalue weighted by molar-refractivity contribution is 0.493. The number of nitrogens with zero attached hydrogens (tertiary/aromatic N) is 1. The van der Waals surface area contributed by atoms with E-state index < -0.39 is 5.41 Å². The highest BCUT2D eigenvalue weighted by atomic mass is 35.5. The summed E-state index contributed by atoms with van der Waals surface area (Å²) in [6, 6.07) is 6.43. The molecule has 0 saturated heterocycles. The first-order chi connectivity index (χ1) is 6.44. The van der Waals surface area contributed by atoms with Gasteiger partial charge in [0.2, 0.25) is 0 Å². The Labute approximate surface area is 88.1 Å². The normalized spacial score (nSPS) is 11.1. The maximum absolute atomic E-state index is 12.7. The summed E-state index contributed by atoms with van der Waals surface area (Å²) in [5, 5.41) is 9.22. The molecule has 0 atom stereocenters. The van der Waals surface area contributed by atoms with Crippen molar-refractivity contribution in [1.82, 2.24) is 0 Å². The monoisotopic (exact) mass is 211 g/mol. The molecule has 0 aliphatic carbocycles. The summed E-state index contributed by atoms with van der Waals surface area (Å²) in [7, 11) is 0. The second-order valence-corrected chi connectivity index (χ2v) is 4.32. The average Bonchev–Trinajstić information content (AvgIpc) is 2.10. The first-order valence-corrected chi connectivity index (χ1v) is 4.67. The standard InChI is InChI=1S/C11H11ClFN/c1-11(2,7-14)6-8-3-4-9(13)5-10(8)12/h3-5H,6H2,1-2H3. The molecule has 1 rings (SSSR count). The van der Waals surface area contributed by atoms with Gasteiger partial charge in [-0.3, -0.25) is 0 Å². The third-order valence-corrected chi connectivity index (χ3v) is 2.30. The van der Waals surface area contributed by atoms with E-state index in [0.29, 0.717) is 11.4 Å². The molecule has 0 radical (unpaired) electrons. The van der Waals surface area contributed by atoms with Gasteiger partial charge in [-0.2, -0.15) is 5.26 Å². The number of halogens is 2. The van der Waals surface area contributed by atoms with E-state index in [0.717, 1.165) is 5.56 Å². The highest BCUT2D eigenvalue weighted by Crippen LogP contribution is 2.26. The smallest absolute Gasteiger partial charge is 0.124 e. The van der Waals surface area contributed by atoms with Crippen LogP contribution in [-0.4, -0.2) is 0 Å². The number of nitriles is 1. The van der Waals surface area contributed by atoms with Gasteiger partial charge in [0.15, 0.2) is 0 Å². The van der Waals surface area contributed by atoms with Crippen molar-refractivity contribution < 1.29 is 4.39 Å². The van der Waals surface area contributed by atoms with Gasteiger partial charge in [0.05, 0.1) is 11.5 Å². The van der Waals surface area contributed by atoms with Crippen molar-refractivity contribution in [3.8, 4) is 6.07 Å². The van der Waals surface area contributed by atoms with E-state index in [2.05, 4.69) is 6.07 Å². The van der Waals surface area contributed by atoms with Gasteiger partial charge in [0, 0.05) is 5.02 Å². The van der Waals surface area contributed by atoms with E-state index in [1.54, 1.807) is 6.07 Å². The largest absolute Gasteiger partial charge is 0.207 e. The zero-order valence-electron chi connectivity index (χ0n) is 8.14. The zero-order valence-corrected chi connectivity index (χ0v) is 8.90. The number of rotatable bonds is 2. The molecule has 0 aromatic heterocycles. The molecule has 0 aliphatic rings. The van der Waals surface area contributed by atoms with Crippen LogP contribution in [-0.2, 0) is 6.42 Å². The van der Waals surface area contributed by atoms with Crippen LogP contribution in [0.25, 0.3) is 0 Å². The van der Waals surface area contributed by atoms with Crippen molar-refractivity contribution >= 4 is 11.6 Å². The summed E-state index contributed by atoms with van der Waals surface area (Å²) in [6.45, 7) is 3.65. The Morgan fingerprint density at radius 3 is 2.64 bits per heavy atom. The Balaban J connectivity index is 2.94. The first-order valence-electron chi connectivity index (χ1n) is 4.30. The van der Waals surface area contributed by atoms with Crippen LogP contribution >= 0.6 is 11.6 Å². The molecule has 1 aromatic carbocycles. The van der Waals surface area contributed by atoms with Gasteiger partial charge in [0.25, 0.3) is 0 Å². The average molecular weight is 212 g/mol. The van der Waals surface area contributed by atoms with Crippen molar-refractivity contribution in [2.75, 3.05) is 0 Å². The van der Waals surface area contributed by atoms with Crippen LogP contribution in [0.3, 0.4) is 0 Å². The predicted molar refractivity (Wildman–Crippen MR) is 54.5 cm³/mol. The molecule has 14 heavy (non-hydrogen) atoms. The first kappa shape index (κ1) is 11.0. The Morgan fingerprint density at radius 2 is 2.14 bits per heavy atom. The van der Waals surface area contributed by atoms with Crippen LogP contribution in [0.2, 0.25) is 5.02 Å². The molecule has 0 fully saturated rings. The predicted octanol–water partition coefficient (Wildman–Crippen LogP) is 3.57. The number of benzene rings is 1. The van der Waals surface area contributed by atoms with Gasteiger partial charge < -0.3 is 0 Å². The van der Waals surface area contributed by atoms with Gasteiger partial charge in [0.1, 0.15) is 5.82 Å². The van der Waals surface area contributed by atoms with Gasteiger partial charge in [-0.25, -0.2) is 4.39 Å². The molecule has 0 aliphatic heterocycles. The van der Waals surface area contributed by atoms with Gasteiger partial charge in [-0.05, 0) is 38.0 Å². The van der Waals surface area contributed by atoms with Crippen molar-refractivity contribution in [2.24, 2.45) is 5.41 Å². The summed E-state index contributed by atoms with van der Waals surface area (Å²) < 4.78 is 12.7. The Morgan fingerprint density at radius 1 is 1.50 bits per heavy atom. The third-order valence-electron chi connectivity index (χ3n) is 1.95. The molecule has 0 N–H and O–H groups in total. The minimum atomic E-state index is -0.471. The molecular formula is C11H11ClFN. The topological polar surface area (TPSA) is 23.8 Å². The minimum absolute atomic E-state index is 0.353. The Bertz CT molecular complexity index is 379. The Kier molecular flexibility index (Phi) is 3.13. The molecule has 0 saturated carbocycles. The van der Waals surface area contributed by atoms with E-state index >= 15 is 0 Å². The van der Waals surface area contributed by atoms with Crippen LogP contribution in [0.5, 0.6) is 0 Å². The second-order valence-electron chi connectivity index (χ2n) is 3.91. The SMILES string of the molecule is CC(C)(C#N)Cc1ccc(F)cc1Cl. The summed E-state index contributed by atoms with van der Waals surface area (Å²) in [6.07, 6.45) is 0.530. The minimum Gasteiger partial charge on any atom is -0.207 e. The number of hydrogen-bond acceptors (Lipinski definition) is 1. The fourth-order valence-electron chi connectivity index (χ4n) is 1.18. The van der Waals surface area contributed by atoms with Crippen LogP contribution in [0.1, 0.15) is 19.4 Å². The molecule has 0 amide bonds. The molecule has 74 valence electrons. The van der Waals surface area contributed by atoms with Crippen LogP contribution < -0.4 is 0 Å². The summed E-state index contributed by atoms with van der Waals surface area (Å²) >= 11 is 5.84.